The fraction of sp³-hybridized carbons (Fsp3) is 0.600. The largest absolute Gasteiger partial charge is 0.351 e. The van der Waals surface area contributed by atoms with Crippen molar-refractivity contribution in [3.8, 4) is 0 Å². The van der Waals surface area contributed by atoms with Gasteiger partial charge in [-0.25, -0.2) is 4.98 Å². The molecule has 1 aromatic rings. The third kappa shape index (κ3) is 4.88. The number of carbonyl (C=O) groups is 2. The minimum absolute atomic E-state index is 0.172. The number of H-pyrrole nitrogens is 1. The molecule has 23 heavy (non-hydrogen) atoms. The van der Waals surface area contributed by atoms with Crippen molar-refractivity contribution in [3.63, 3.8) is 0 Å². The Kier molecular flexibility index (Phi) is 5.86. The maximum Gasteiger partial charge on any atom is 0.271 e. The normalized spacial score (nSPS) is 17.8. The Labute approximate surface area is 134 Å². The molecule has 0 bridgehead atoms. The molecule has 1 saturated heterocycles. The number of likely N-dealkylation sites (N-methyl/N-ethyl adjacent to an activating group) is 1. The summed E-state index contributed by atoms with van der Waals surface area (Å²) in [6, 6.07) is 0.172. The molecule has 1 atom stereocenters. The fourth-order valence-electron chi connectivity index (χ4n) is 2.62. The average molecular weight is 321 g/mol. The van der Waals surface area contributed by atoms with E-state index in [2.05, 4.69) is 15.3 Å². The molecular formula is C15H23N5O3. The van der Waals surface area contributed by atoms with Gasteiger partial charge in [0, 0.05) is 38.3 Å². The van der Waals surface area contributed by atoms with Gasteiger partial charge in [-0.15, -0.1) is 0 Å². The number of hydrogen-bond acceptors (Lipinski definition) is 5. The summed E-state index contributed by atoms with van der Waals surface area (Å²) in [6.07, 6.45) is 4.49. The number of nitrogens with zero attached hydrogens (tertiary/aromatic N) is 3. The molecule has 2 N–H and O–H groups in total. The van der Waals surface area contributed by atoms with Crippen LogP contribution in [0.25, 0.3) is 0 Å². The lowest BCUT2D eigenvalue weighted by atomic mass is 10.1. The first-order chi connectivity index (χ1) is 11.0. The van der Waals surface area contributed by atoms with Gasteiger partial charge in [-0.05, 0) is 26.9 Å². The van der Waals surface area contributed by atoms with Gasteiger partial charge in [0.05, 0.1) is 6.20 Å². The highest BCUT2D eigenvalue weighted by Crippen LogP contribution is 2.20. The zero-order valence-corrected chi connectivity index (χ0v) is 13.5. The quantitative estimate of drug-likeness (QED) is 0.702. The van der Waals surface area contributed by atoms with Crippen molar-refractivity contribution >= 4 is 11.8 Å². The summed E-state index contributed by atoms with van der Waals surface area (Å²) in [5.41, 5.74) is -0.167. The summed E-state index contributed by atoms with van der Waals surface area (Å²) in [6.45, 7) is 2.01. The first-order valence-corrected chi connectivity index (χ1v) is 7.74. The molecule has 0 radical (unpaired) electrons. The van der Waals surface area contributed by atoms with Gasteiger partial charge < -0.3 is 20.1 Å². The number of carbonyl (C=O) groups excluding carboxylic acids is 2. The van der Waals surface area contributed by atoms with Crippen LogP contribution in [0.15, 0.2) is 17.2 Å². The van der Waals surface area contributed by atoms with Gasteiger partial charge in [0.15, 0.2) is 0 Å². The second-order valence-electron chi connectivity index (χ2n) is 5.92. The molecule has 1 aliphatic rings. The lowest BCUT2D eigenvalue weighted by molar-refractivity contribution is -0.129. The lowest BCUT2D eigenvalue weighted by Crippen LogP contribution is -2.40. The number of amides is 2. The summed E-state index contributed by atoms with van der Waals surface area (Å²) in [5.74, 6) is -0.143. The van der Waals surface area contributed by atoms with Gasteiger partial charge in [0.1, 0.15) is 5.69 Å². The summed E-state index contributed by atoms with van der Waals surface area (Å²) in [7, 11) is 3.96. The van der Waals surface area contributed by atoms with Gasteiger partial charge in [-0.2, -0.15) is 0 Å². The Morgan fingerprint density at radius 1 is 1.48 bits per heavy atom. The van der Waals surface area contributed by atoms with Gasteiger partial charge in [0.2, 0.25) is 5.91 Å². The van der Waals surface area contributed by atoms with Crippen LogP contribution in [0.3, 0.4) is 0 Å². The predicted molar refractivity (Wildman–Crippen MR) is 85.1 cm³/mol. The molecule has 8 heteroatoms. The van der Waals surface area contributed by atoms with Crippen LogP contribution in [-0.4, -0.2) is 71.4 Å². The van der Waals surface area contributed by atoms with Gasteiger partial charge in [-0.3, -0.25) is 14.4 Å². The zero-order valence-electron chi connectivity index (χ0n) is 13.5. The highest BCUT2D eigenvalue weighted by Gasteiger charge is 2.30. The second kappa shape index (κ2) is 7.87. The van der Waals surface area contributed by atoms with Crippen LogP contribution in [-0.2, 0) is 4.79 Å². The van der Waals surface area contributed by atoms with Gasteiger partial charge in [-0.1, -0.05) is 0 Å². The van der Waals surface area contributed by atoms with E-state index in [4.69, 9.17) is 0 Å². The summed E-state index contributed by atoms with van der Waals surface area (Å²) in [5, 5.41) is 2.77. The van der Waals surface area contributed by atoms with Crippen LogP contribution < -0.4 is 10.9 Å². The molecule has 0 spiro atoms. The first-order valence-electron chi connectivity index (χ1n) is 7.74. The number of aromatic nitrogens is 2. The van der Waals surface area contributed by atoms with Crippen molar-refractivity contribution in [1.82, 2.24) is 25.1 Å². The average Bonchev–Trinajstić information content (AvgIpc) is 2.86. The maximum atomic E-state index is 11.9. The van der Waals surface area contributed by atoms with Crippen LogP contribution in [0.2, 0.25) is 0 Å². The Hall–Kier alpha value is -2.22. The monoisotopic (exact) mass is 321 g/mol. The highest BCUT2D eigenvalue weighted by atomic mass is 16.2. The SMILES string of the molecule is CN(C)CCN1C(=O)CC[C@@H]1CCNC(=O)c1c[nH]c(=O)cn1. The van der Waals surface area contributed by atoms with Crippen LogP contribution in [0.4, 0.5) is 0 Å². The van der Waals surface area contributed by atoms with E-state index in [1.54, 1.807) is 0 Å². The standard InChI is InChI=1S/C15H23N5O3/c1-19(2)7-8-20-11(3-4-14(20)22)5-6-16-15(23)12-9-18-13(21)10-17-12/h9-11H,3-8H2,1-2H3,(H,16,23)(H,18,21)/t11-/m1/s1. The van der Waals surface area contributed by atoms with E-state index in [0.717, 1.165) is 19.2 Å². The van der Waals surface area contributed by atoms with Crippen molar-refractivity contribution in [2.45, 2.75) is 25.3 Å². The molecule has 0 aromatic carbocycles. The fourth-order valence-corrected chi connectivity index (χ4v) is 2.62. The molecule has 1 aromatic heterocycles. The summed E-state index contributed by atoms with van der Waals surface area (Å²) in [4.78, 5) is 44.9. The Morgan fingerprint density at radius 2 is 2.26 bits per heavy atom. The highest BCUT2D eigenvalue weighted by molar-refractivity contribution is 5.91. The van der Waals surface area contributed by atoms with E-state index in [1.165, 1.54) is 6.20 Å². The zero-order chi connectivity index (χ0) is 16.8. The van der Waals surface area contributed by atoms with Crippen LogP contribution in [0.5, 0.6) is 0 Å². The molecule has 1 aliphatic heterocycles. The first kappa shape index (κ1) is 17.1. The molecule has 2 heterocycles. The van der Waals surface area contributed by atoms with E-state index in [1.807, 2.05) is 23.9 Å². The molecule has 0 aliphatic carbocycles. The second-order valence-corrected chi connectivity index (χ2v) is 5.92. The molecule has 0 saturated carbocycles. The maximum absolute atomic E-state index is 11.9. The minimum Gasteiger partial charge on any atom is -0.351 e. The van der Waals surface area contributed by atoms with E-state index in [0.29, 0.717) is 25.9 Å². The number of nitrogens with one attached hydrogen (secondary N) is 2. The van der Waals surface area contributed by atoms with E-state index >= 15 is 0 Å². The van der Waals surface area contributed by atoms with Crippen molar-refractivity contribution in [2.75, 3.05) is 33.7 Å². The molecule has 1 fully saturated rings. The van der Waals surface area contributed by atoms with Crippen LogP contribution in [0, 0.1) is 0 Å². The molecule has 2 amide bonds. The number of rotatable bonds is 7. The molecule has 126 valence electrons. The number of aromatic amines is 1. The van der Waals surface area contributed by atoms with Crippen LogP contribution >= 0.6 is 0 Å². The van der Waals surface area contributed by atoms with E-state index < -0.39 is 0 Å². The van der Waals surface area contributed by atoms with Crippen molar-refractivity contribution in [2.24, 2.45) is 0 Å². The number of likely N-dealkylation sites (tertiary alicyclic amines) is 1. The van der Waals surface area contributed by atoms with Gasteiger partial charge in [0.25, 0.3) is 11.5 Å². The topological polar surface area (TPSA) is 98.4 Å². The predicted octanol–water partition coefficient (Wildman–Crippen LogP) is -0.558. The third-order valence-electron chi connectivity index (χ3n) is 3.91. The smallest absolute Gasteiger partial charge is 0.271 e. The molecule has 8 nitrogen and oxygen atoms in total. The molecule has 2 rings (SSSR count). The molecular weight excluding hydrogens is 298 g/mol. The Morgan fingerprint density at radius 3 is 2.91 bits per heavy atom. The number of hydrogen-bond donors (Lipinski definition) is 2. The Balaban J connectivity index is 1.80. The third-order valence-corrected chi connectivity index (χ3v) is 3.91. The Bertz CT molecular complexity index is 593. The van der Waals surface area contributed by atoms with E-state index in [-0.39, 0.29) is 29.1 Å². The van der Waals surface area contributed by atoms with Crippen molar-refractivity contribution in [3.05, 3.63) is 28.4 Å². The van der Waals surface area contributed by atoms with Gasteiger partial charge >= 0.3 is 0 Å². The van der Waals surface area contributed by atoms with Crippen molar-refractivity contribution in [1.29, 1.82) is 0 Å². The van der Waals surface area contributed by atoms with Crippen molar-refractivity contribution < 1.29 is 9.59 Å². The minimum atomic E-state index is -0.345. The lowest BCUT2D eigenvalue weighted by Gasteiger charge is -2.26. The summed E-state index contributed by atoms with van der Waals surface area (Å²) >= 11 is 0. The van der Waals surface area contributed by atoms with Crippen LogP contribution in [0.1, 0.15) is 29.8 Å². The van der Waals surface area contributed by atoms with E-state index in [9.17, 15) is 14.4 Å². The summed E-state index contributed by atoms with van der Waals surface area (Å²) < 4.78 is 0. The molecule has 0 unspecified atom stereocenters.